The molecular formula is C16H18BrN3OS. The number of pyridine rings is 1. The first kappa shape index (κ1) is 14.6. The van der Waals surface area contributed by atoms with Crippen molar-refractivity contribution in [3.63, 3.8) is 0 Å². The van der Waals surface area contributed by atoms with Gasteiger partial charge < -0.3 is 5.32 Å². The first-order chi connectivity index (χ1) is 10.6. The van der Waals surface area contributed by atoms with Crippen molar-refractivity contribution in [1.82, 2.24) is 15.2 Å². The van der Waals surface area contributed by atoms with Crippen LogP contribution in [0.3, 0.4) is 0 Å². The summed E-state index contributed by atoms with van der Waals surface area (Å²) in [6.07, 6.45) is 4.18. The van der Waals surface area contributed by atoms with Gasteiger partial charge in [0, 0.05) is 33.5 Å². The highest BCUT2D eigenvalue weighted by Gasteiger charge is 2.40. The lowest BCUT2D eigenvalue weighted by molar-refractivity contribution is 0.0216. The van der Waals surface area contributed by atoms with Crippen molar-refractivity contribution in [3.8, 4) is 0 Å². The lowest BCUT2D eigenvalue weighted by Gasteiger charge is -2.49. The van der Waals surface area contributed by atoms with E-state index in [0.29, 0.717) is 17.7 Å². The predicted octanol–water partition coefficient (Wildman–Crippen LogP) is 3.27. The van der Waals surface area contributed by atoms with Gasteiger partial charge in [-0.25, -0.2) is 4.98 Å². The molecule has 5 heterocycles. The number of fused-ring (bicyclic) bond motifs is 4. The Morgan fingerprint density at radius 3 is 2.95 bits per heavy atom. The monoisotopic (exact) mass is 379 g/mol. The number of nitrogens with one attached hydrogen (secondary N) is 1. The molecule has 2 bridgehead atoms. The molecule has 3 fully saturated rings. The van der Waals surface area contributed by atoms with Crippen molar-refractivity contribution in [2.45, 2.75) is 31.8 Å². The minimum absolute atomic E-state index is 0.0504. The fourth-order valence-corrected chi connectivity index (χ4v) is 5.30. The molecule has 0 aliphatic carbocycles. The maximum Gasteiger partial charge on any atom is 0.270 e. The molecule has 2 atom stereocenters. The molecule has 1 N–H and O–H groups in total. The highest BCUT2D eigenvalue weighted by molar-refractivity contribution is 9.10. The SMILES string of the molecule is CC1C(NC(=O)c2cc3c(Br)csc3cn2)C2CCN1CC2. The Morgan fingerprint density at radius 2 is 2.23 bits per heavy atom. The number of aromatic nitrogens is 1. The van der Waals surface area contributed by atoms with E-state index in [-0.39, 0.29) is 11.9 Å². The van der Waals surface area contributed by atoms with Crippen LogP contribution in [0.25, 0.3) is 10.1 Å². The smallest absolute Gasteiger partial charge is 0.270 e. The van der Waals surface area contributed by atoms with E-state index in [1.165, 1.54) is 25.9 Å². The molecule has 2 aromatic rings. The molecule has 2 aromatic heterocycles. The standard InChI is InChI=1S/C16H18BrN3OS/c1-9-15(10-2-4-20(9)5-3-10)19-16(21)13-6-11-12(17)8-22-14(11)7-18-13/h6-10,15H,2-5H2,1H3,(H,19,21). The van der Waals surface area contributed by atoms with Crippen molar-refractivity contribution < 1.29 is 4.79 Å². The van der Waals surface area contributed by atoms with Gasteiger partial charge in [-0.05, 0) is 60.8 Å². The van der Waals surface area contributed by atoms with Crippen molar-refractivity contribution in [2.75, 3.05) is 13.1 Å². The van der Waals surface area contributed by atoms with Crippen LogP contribution in [0.4, 0.5) is 0 Å². The third kappa shape index (κ3) is 2.37. The lowest BCUT2D eigenvalue weighted by Crippen LogP contribution is -2.62. The quantitative estimate of drug-likeness (QED) is 0.870. The van der Waals surface area contributed by atoms with Crippen LogP contribution >= 0.6 is 27.3 Å². The Kier molecular flexibility index (Phi) is 3.71. The topological polar surface area (TPSA) is 45.2 Å². The largest absolute Gasteiger partial charge is 0.346 e. The fourth-order valence-electron chi connectivity index (χ4n) is 3.80. The van der Waals surface area contributed by atoms with Gasteiger partial charge in [-0.1, -0.05) is 0 Å². The summed E-state index contributed by atoms with van der Waals surface area (Å²) in [4.78, 5) is 19.4. The number of rotatable bonds is 2. The summed E-state index contributed by atoms with van der Waals surface area (Å²) < 4.78 is 2.12. The minimum Gasteiger partial charge on any atom is -0.346 e. The van der Waals surface area contributed by atoms with Crippen molar-refractivity contribution in [1.29, 1.82) is 0 Å². The van der Waals surface area contributed by atoms with E-state index in [2.05, 4.69) is 38.1 Å². The van der Waals surface area contributed by atoms with Crippen LogP contribution in [0.5, 0.6) is 0 Å². The molecule has 2 unspecified atom stereocenters. The second kappa shape index (κ2) is 5.58. The number of carbonyl (C=O) groups is 1. The number of nitrogens with zero attached hydrogens (tertiary/aromatic N) is 2. The number of carbonyl (C=O) groups excluding carboxylic acids is 1. The van der Waals surface area contributed by atoms with E-state index in [1.807, 2.05) is 11.4 Å². The van der Waals surface area contributed by atoms with E-state index < -0.39 is 0 Å². The maximum atomic E-state index is 12.6. The number of piperidine rings is 3. The molecule has 3 aliphatic heterocycles. The molecule has 0 radical (unpaired) electrons. The van der Waals surface area contributed by atoms with Gasteiger partial charge >= 0.3 is 0 Å². The van der Waals surface area contributed by atoms with Crippen molar-refractivity contribution in [3.05, 3.63) is 27.8 Å². The first-order valence-corrected chi connectivity index (χ1v) is 9.38. The Labute approximate surface area is 142 Å². The second-order valence-corrected chi connectivity index (χ2v) is 8.03. The average Bonchev–Trinajstić information content (AvgIpc) is 2.92. The van der Waals surface area contributed by atoms with Gasteiger partial charge in [-0.3, -0.25) is 9.69 Å². The Bertz CT molecular complexity index is 721. The summed E-state index contributed by atoms with van der Waals surface area (Å²) in [7, 11) is 0. The molecule has 0 spiro atoms. The lowest BCUT2D eigenvalue weighted by atomic mass is 9.79. The van der Waals surface area contributed by atoms with Crippen LogP contribution < -0.4 is 5.32 Å². The molecule has 0 aromatic carbocycles. The van der Waals surface area contributed by atoms with Gasteiger partial charge in [0.15, 0.2) is 0 Å². The third-order valence-corrected chi connectivity index (χ3v) is 7.01. The van der Waals surface area contributed by atoms with Crippen LogP contribution in [0, 0.1) is 5.92 Å². The highest BCUT2D eigenvalue weighted by Crippen LogP contribution is 2.33. The summed E-state index contributed by atoms with van der Waals surface area (Å²) >= 11 is 5.16. The summed E-state index contributed by atoms with van der Waals surface area (Å²) in [6, 6.07) is 2.56. The highest BCUT2D eigenvalue weighted by atomic mass is 79.9. The number of hydrogen-bond donors (Lipinski definition) is 1. The van der Waals surface area contributed by atoms with Gasteiger partial charge in [0.25, 0.3) is 5.91 Å². The predicted molar refractivity (Wildman–Crippen MR) is 92.3 cm³/mol. The van der Waals surface area contributed by atoms with E-state index in [9.17, 15) is 4.79 Å². The van der Waals surface area contributed by atoms with E-state index in [1.54, 1.807) is 17.5 Å². The zero-order valence-corrected chi connectivity index (χ0v) is 14.8. The Balaban J connectivity index is 1.57. The Morgan fingerprint density at radius 1 is 1.45 bits per heavy atom. The summed E-state index contributed by atoms with van der Waals surface area (Å²) in [5, 5.41) is 6.33. The average molecular weight is 380 g/mol. The minimum atomic E-state index is -0.0504. The van der Waals surface area contributed by atoms with Gasteiger partial charge in [0.1, 0.15) is 5.69 Å². The summed E-state index contributed by atoms with van der Waals surface area (Å²) in [5.41, 5.74) is 0.509. The second-order valence-electron chi connectivity index (χ2n) is 6.26. The van der Waals surface area contributed by atoms with E-state index >= 15 is 0 Å². The molecule has 3 saturated heterocycles. The zero-order valence-electron chi connectivity index (χ0n) is 12.4. The van der Waals surface area contributed by atoms with Crippen molar-refractivity contribution in [2.24, 2.45) is 5.92 Å². The Hall–Kier alpha value is -0.980. The van der Waals surface area contributed by atoms with Gasteiger partial charge in [-0.2, -0.15) is 0 Å². The van der Waals surface area contributed by atoms with Crippen LogP contribution in [0.2, 0.25) is 0 Å². The van der Waals surface area contributed by atoms with Gasteiger partial charge in [-0.15, -0.1) is 11.3 Å². The molecular weight excluding hydrogens is 362 g/mol. The number of halogens is 1. The van der Waals surface area contributed by atoms with Crippen LogP contribution in [-0.2, 0) is 0 Å². The van der Waals surface area contributed by atoms with Gasteiger partial charge in [0.2, 0.25) is 0 Å². The molecule has 1 amide bonds. The molecule has 0 saturated carbocycles. The first-order valence-electron chi connectivity index (χ1n) is 7.71. The van der Waals surface area contributed by atoms with Crippen molar-refractivity contribution >= 4 is 43.3 Å². The third-order valence-electron chi connectivity index (χ3n) is 5.12. The molecule has 6 heteroatoms. The molecule has 3 aliphatic rings. The van der Waals surface area contributed by atoms with Crippen LogP contribution in [0.1, 0.15) is 30.3 Å². The zero-order chi connectivity index (χ0) is 15.3. The van der Waals surface area contributed by atoms with Crippen LogP contribution in [-0.4, -0.2) is 41.0 Å². The summed E-state index contributed by atoms with van der Waals surface area (Å²) in [6.45, 7) is 4.57. The number of amides is 1. The molecule has 5 rings (SSSR count). The van der Waals surface area contributed by atoms with E-state index in [4.69, 9.17) is 0 Å². The number of hydrogen-bond acceptors (Lipinski definition) is 4. The van der Waals surface area contributed by atoms with Gasteiger partial charge in [0.05, 0.1) is 4.70 Å². The normalized spacial score (nSPS) is 30.6. The molecule has 116 valence electrons. The summed E-state index contributed by atoms with van der Waals surface area (Å²) in [5.74, 6) is 0.561. The number of thiophene rings is 1. The fraction of sp³-hybridized carbons (Fsp3) is 0.500. The maximum absolute atomic E-state index is 12.6. The molecule has 4 nitrogen and oxygen atoms in total. The van der Waals surface area contributed by atoms with E-state index in [0.717, 1.165) is 14.6 Å². The molecule has 22 heavy (non-hydrogen) atoms. The van der Waals surface area contributed by atoms with Crippen LogP contribution in [0.15, 0.2) is 22.1 Å².